The maximum absolute atomic E-state index is 12.3. The number of hydrogen-bond donors (Lipinski definition) is 1. The summed E-state index contributed by atoms with van der Waals surface area (Å²) in [7, 11) is 0. The van der Waals surface area contributed by atoms with Crippen LogP contribution < -0.4 is 10.5 Å². The van der Waals surface area contributed by atoms with Gasteiger partial charge in [0.2, 0.25) is 11.8 Å². The molecule has 8 heteroatoms. The maximum Gasteiger partial charge on any atom is 0.573 e. The van der Waals surface area contributed by atoms with Crippen molar-refractivity contribution < 1.29 is 27.5 Å². The molecule has 2 rings (SSSR count). The van der Waals surface area contributed by atoms with Gasteiger partial charge >= 0.3 is 6.36 Å². The summed E-state index contributed by atoms with van der Waals surface area (Å²) < 4.78 is 40.9. The number of amides is 2. The van der Waals surface area contributed by atoms with Gasteiger partial charge in [-0.2, -0.15) is 0 Å². The van der Waals surface area contributed by atoms with Crippen molar-refractivity contribution in [2.24, 2.45) is 11.7 Å². The number of nitrogens with two attached hydrogens (primary N) is 1. The number of para-hydroxylation sites is 1. The lowest BCUT2D eigenvalue weighted by atomic mass is 10.1. The summed E-state index contributed by atoms with van der Waals surface area (Å²) in [4.78, 5) is 24.5. The van der Waals surface area contributed by atoms with E-state index in [0.717, 1.165) is 12.1 Å². The van der Waals surface area contributed by atoms with Gasteiger partial charge in [0.05, 0.1) is 5.92 Å². The van der Waals surface area contributed by atoms with Gasteiger partial charge in [-0.3, -0.25) is 9.59 Å². The van der Waals surface area contributed by atoms with Crippen LogP contribution in [0, 0.1) is 5.92 Å². The highest BCUT2D eigenvalue weighted by molar-refractivity contribution is 5.93. The number of ether oxygens (including phenoxy) is 1. The highest BCUT2D eigenvalue weighted by Crippen LogP contribution is 2.27. The van der Waals surface area contributed by atoms with Crippen molar-refractivity contribution in [3.8, 4) is 5.75 Å². The third kappa shape index (κ3) is 4.73. The van der Waals surface area contributed by atoms with E-state index in [1.54, 1.807) is 0 Å². The fraction of sp³-hybridized carbons (Fsp3) is 0.333. The molecule has 0 aromatic heterocycles. The Kier molecular flexibility index (Phi) is 4.92. The lowest BCUT2D eigenvalue weighted by Gasteiger charge is -2.14. The first-order valence-electron chi connectivity index (χ1n) is 6.87. The zero-order valence-electron chi connectivity index (χ0n) is 12.0. The van der Waals surface area contributed by atoms with E-state index in [4.69, 9.17) is 5.73 Å². The Morgan fingerprint density at radius 2 is 2.00 bits per heavy atom. The average Bonchev–Trinajstić information content (AvgIpc) is 2.94. The van der Waals surface area contributed by atoms with Crippen LogP contribution in [0.5, 0.6) is 5.75 Å². The number of primary amides is 1. The Morgan fingerprint density at radius 3 is 2.61 bits per heavy atom. The molecule has 0 unspecified atom stereocenters. The van der Waals surface area contributed by atoms with Crippen LogP contribution in [-0.4, -0.2) is 36.2 Å². The third-order valence-corrected chi connectivity index (χ3v) is 3.45. The monoisotopic (exact) mass is 328 g/mol. The van der Waals surface area contributed by atoms with Crippen LogP contribution in [0.3, 0.4) is 0 Å². The van der Waals surface area contributed by atoms with Crippen LogP contribution in [0.25, 0.3) is 6.08 Å². The highest BCUT2D eigenvalue weighted by atomic mass is 19.4. The van der Waals surface area contributed by atoms with Gasteiger partial charge in [0.25, 0.3) is 0 Å². The van der Waals surface area contributed by atoms with Crippen LogP contribution in [0.1, 0.15) is 12.0 Å². The van der Waals surface area contributed by atoms with E-state index < -0.39 is 18.2 Å². The third-order valence-electron chi connectivity index (χ3n) is 3.45. The number of carbonyl (C=O) groups is 2. The summed E-state index contributed by atoms with van der Waals surface area (Å²) in [5.41, 5.74) is 5.31. The average molecular weight is 328 g/mol. The number of alkyl halides is 3. The van der Waals surface area contributed by atoms with Crippen molar-refractivity contribution in [2.75, 3.05) is 13.1 Å². The Hall–Kier alpha value is -2.51. The summed E-state index contributed by atoms with van der Waals surface area (Å²) in [6.45, 7) is 0.608. The van der Waals surface area contributed by atoms with Crippen LogP contribution in [0.4, 0.5) is 13.2 Å². The summed E-state index contributed by atoms with van der Waals surface area (Å²) in [6.07, 6.45) is -1.91. The number of nitrogens with zero attached hydrogens (tertiary/aromatic N) is 1. The molecule has 0 radical (unpaired) electrons. The number of carbonyl (C=O) groups excluding carboxylic acids is 2. The van der Waals surface area contributed by atoms with Gasteiger partial charge in [-0.1, -0.05) is 18.2 Å². The Balaban J connectivity index is 2.06. The van der Waals surface area contributed by atoms with Crippen molar-refractivity contribution in [2.45, 2.75) is 12.8 Å². The first-order chi connectivity index (χ1) is 10.8. The molecule has 23 heavy (non-hydrogen) atoms. The zero-order valence-corrected chi connectivity index (χ0v) is 12.0. The lowest BCUT2D eigenvalue weighted by molar-refractivity contribution is -0.274. The number of benzene rings is 1. The molecule has 1 fully saturated rings. The smallest absolute Gasteiger partial charge is 0.405 e. The molecular weight excluding hydrogens is 313 g/mol. The van der Waals surface area contributed by atoms with Crippen molar-refractivity contribution >= 4 is 17.9 Å². The molecule has 124 valence electrons. The van der Waals surface area contributed by atoms with Crippen molar-refractivity contribution in [1.82, 2.24) is 4.90 Å². The van der Waals surface area contributed by atoms with Gasteiger partial charge in [-0.15, -0.1) is 13.2 Å². The summed E-state index contributed by atoms with van der Waals surface area (Å²) in [5, 5.41) is 0. The molecule has 1 aliphatic heterocycles. The zero-order chi connectivity index (χ0) is 17.0. The molecule has 0 spiro atoms. The number of likely N-dealkylation sites (tertiary alicyclic amines) is 1. The van der Waals surface area contributed by atoms with Crippen molar-refractivity contribution in [3.63, 3.8) is 0 Å². The van der Waals surface area contributed by atoms with E-state index in [9.17, 15) is 22.8 Å². The quantitative estimate of drug-likeness (QED) is 0.859. The predicted octanol–water partition coefficient (Wildman–Crippen LogP) is 1.93. The number of hydrogen-bond acceptors (Lipinski definition) is 3. The molecule has 0 aliphatic carbocycles. The molecular formula is C15H15F3N2O3. The highest BCUT2D eigenvalue weighted by Gasteiger charge is 2.32. The molecule has 1 heterocycles. The van der Waals surface area contributed by atoms with Crippen molar-refractivity contribution in [1.29, 1.82) is 0 Å². The van der Waals surface area contributed by atoms with Gasteiger partial charge in [0.15, 0.2) is 0 Å². The molecule has 2 amide bonds. The van der Waals surface area contributed by atoms with Gasteiger partial charge in [0.1, 0.15) is 5.75 Å². The first kappa shape index (κ1) is 16.9. The van der Waals surface area contributed by atoms with Crippen molar-refractivity contribution in [3.05, 3.63) is 35.9 Å². The van der Waals surface area contributed by atoms with E-state index in [-0.39, 0.29) is 23.8 Å². The largest absolute Gasteiger partial charge is 0.573 e. The van der Waals surface area contributed by atoms with E-state index in [1.165, 1.54) is 29.2 Å². The fourth-order valence-corrected chi connectivity index (χ4v) is 2.29. The molecule has 0 saturated carbocycles. The van der Waals surface area contributed by atoms with E-state index in [1.807, 2.05) is 0 Å². The summed E-state index contributed by atoms with van der Waals surface area (Å²) in [6, 6.07) is 5.50. The van der Waals surface area contributed by atoms with Gasteiger partial charge in [0, 0.05) is 24.7 Å². The first-order valence-corrected chi connectivity index (χ1v) is 6.87. The maximum atomic E-state index is 12.3. The van der Waals surface area contributed by atoms with Crippen LogP contribution in [-0.2, 0) is 9.59 Å². The number of rotatable bonds is 4. The Bertz CT molecular complexity index is 629. The summed E-state index contributed by atoms with van der Waals surface area (Å²) >= 11 is 0. The molecule has 5 nitrogen and oxygen atoms in total. The minimum Gasteiger partial charge on any atom is -0.405 e. The van der Waals surface area contributed by atoms with E-state index >= 15 is 0 Å². The molecule has 0 bridgehead atoms. The van der Waals surface area contributed by atoms with E-state index in [2.05, 4.69) is 4.74 Å². The lowest BCUT2D eigenvalue weighted by Crippen LogP contribution is -2.30. The predicted molar refractivity (Wildman–Crippen MR) is 76.0 cm³/mol. The summed E-state index contributed by atoms with van der Waals surface area (Å²) in [5.74, 6) is -1.63. The SMILES string of the molecule is NC(=O)[C@H]1CCN(C(=O)/C=C\c2ccccc2OC(F)(F)F)C1. The minimum atomic E-state index is -4.81. The Labute approximate surface area is 130 Å². The fourth-order valence-electron chi connectivity index (χ4n) is 2.29. The van der Waals surface area contributed by atoms with Crippen LogP contribution >= 0.6 is 0 Å². The second kappa shape index (κ2) is 6.72. The molecule has 1 aromatic rings. The normalized spacial score (nSPS) is 18.4. The molecule has 1 saturated heterocycles. The minimum absolute atomic E-state index is 0.129. The van der Waals surface area contributed by atoms with Gasteiger partial charge in [-0.25, -0.2) is 0 Å². The standard InChI is InChI=1S/C15H15F3N2O3/c16-15(17,18)23-12-4-2-1-3-10(12)5-6-13(21)20-8-7-11(9-20)14(19)22/h1-6,11H,7-9H2,(H2,19,22)/b6-5-/t11-/m0/s1. The molecule has 2 N–H and O–H groups in total. The van der Waals surface area contributed by atoms with E-state index in [0.29, 0.717) is 13.0 Å². The molecule has 1 aromatic carbocycles. The molecule has 1 aliphatic rings. The van der Waals surface area contributed by atoms with Crippen LogP contribution in [0.15, 0.2) is 30.3 Å². The second-order valence-electron chi connectivity index (χ2n) is 5.09. The van der Waals surface area contributed by atoms with Gasteiger partial charge in [-0.05, 0) is 18.6 Å². The van der Waals surface area contributed by atoms with Gasteiger partial charge < -0.3 is 15.4 Å². The topological polar surface area (TPSA) is 72.6 Å². The Morgan fingerprint density at radius 1 is 1.30 bits per heavy atom. The second-order valence-corrected chi connectivity index (χ2v) is 5.09. The number of halogens is 3. The molecule has 1 atom stereocenters. The van der Waals surface area contributed by atoms with Crippen LogP contribution in [0.2, 0.25) is 0 Å².